The molecular weight excluding hydrogens is 705 g/mol. The molecule has 58 heavy (non-hydrogen) atoms. The molecule has 11 rings (SSSR count). The van der Waals surface area contributed by atoms with Crippen LogP contribution in [0, 0.1) is 0 Å². The van der Waals surface area contributed by atoms with Gasteiger partial charge in [0.25, 0.3) is 0 Å². The van der Waals surface area contributed by atoms with Gasteiger partial charge in [-0.15, -0.1) is 0 Å². The van der Waals surface area contributed by atoms with Gasteiger partial charge in [0.05, 0.1) is 11.0 Å². The largest absolute Gasteiger partial charge is 0.309 e. The van der Waals surface area contributed by atoms with Crippen LogP contribution < -0.4 is 0 Å². The SMILES string of the molecule is CC1(C)c2ccccc2-c2cccc(-c3ccc(-c4ccc5c(c4)c4ccc(-c6nc(-c7ccccc7)nc(-c7ccccc7)n6)cc4n5-c4ccccc4)cc3)c21. The number of aromatic nitrogens is 4. The first-order valence-electron chi connectivity index (χ1n) is 19.9. The van der Waals surface area contributed by atoms with Crippen LogP contribution in [0.15, 0.2) is 194 Å². The number of hydrogen-bond acceptors (Lipinski definition) is 3. The second kappa shape index (κ2) is 13.4. The van der Waals surface area contributed by atoms with Crippen LogP contribution in [-0.2, 0) is 5.41 Å². The summed E-state index contributed by atoms with van der Waals surface area (Å²) in [6, 6.07) is 69.1. The van der Waals surface area contributed by atoms with E-state index in [2.05, 4.69) is 152 Å². The summed E-state index contributed by atoms with van der Waals surface area (Å²) in [6.07, 6.45) is 0. The number of para-hydroxylation sites is 1. The van der Waals surface area contributed by atoms with Crippen LogP contribution in [0.25, 0.3) is 95.0 Å². The van der Waals surface area contributed by atoms with E-state index in [1.807, 2.05) is 60.7 Å². The summed E-state index contributed by atoms with van der Waals surface area (Å²) in [5.41, 5.74) is 16.5. The van der Waals surface area contributed by atoms with Crippen molar-refractivity contribution >= 4 is 21.8 Å². The molecule has 0 atom stereocenters. The van der Waals surface area contributed by atoms with Gasteiger partial charge in [0.1, 0.15) is 0 Å². The van der Waals surface area contributed by atoms with Crippen molar-refractivity contribution in [3.05, 3.63) is 205 Å². The van der Waals surface area contributed by atoms with E-state index in [0.29, 0.717) is 17.5 Å². The molecule has 0 unspecified atom stereocenters. The Morgan fingerprint density at radius 2 is 0.897 bits per heavy atom. The fourth-order valence-electron chi connectivity index (χ4n) is 9.06. The Balaban J connectivity index is 1.03. The van der Waals surface area contributed by atoms with Gasteiger partial charge in [0, 0.05) is 38.6 Å². The van der Waals surface area contributed by atoms with E-state index in [-0.39, 0.29) is 5.41 Å². The fourth-order valence-corrected chi connectivity index (χ4v) is 9.06. The van der Waals surface area contributed by atoms with Gasteiger partial charge in [-0.3, -0.25) is 0 Å². The van der Waals surface area contributed by atoms with Gasteiger partial charge in [-0.2, -0.15) is 0 Å². The van der Waals surface area contributed by atoms with Crippen molar-refractivity contribution in [2.45, 2.75) is 19.3 Å². The molecule has 10 aromatic rings. The number of rotatable bonds is 6. The van der Waals surface area contributed by atoms with Crippen LogP contribution in [0.2, 0.25) is 0 Å². The molecule has 0 saturated carbocycles. The van der Waals surface area contributed by atoms with Gasteiger partial charge in [-0.05, 0) is 74.8 Å². The molecule has 1 aliphatic rings. The second-order valence-corrected chi connectivity index (χ2v) is 15.6. The Morgan fingerprint density at radius 3 is 1.59 bits per heavy atom. The maximum atomic E-state index is 5.05. The summed E-state index contributed by atoms with van der Waals surface area (Å²) in [6.45, 7) is 4.71. The Hall–Kier alpha value is -7.43. The molecule has 0 amide bonds. The quantitative estimate of drug-likeness (QED) is 0.170. The normalized spacial score (nSPS) is 12.8. The van der Waals surface area contributed by atoms with Gasteiger partial charge in [-0.1, -0.05) is 178 Å². The summed E-state index contributed by atoms with van der Waals surface area (Å²) >= 11 is 0. The maximum Gasteiger partial charge on any atom is 0.164 e. The van der Waals surface area contributed by atoms with Gasteiger partial charge >= 0.3 is 0 Å². The second-order valence-electron chi connectivity index (χ2n) is 15.6. The minimum absolute atomic E-state index is 0.0725. The molecule has 274 valence electrons. The molecule has 0 N–H and O–H groups in total. The van der Waals surface area contributed by atoms with E-state index >= 15 is 0 Å². The monoisotopic (exact) mass is 742 g/mol. The van der Waals surface area contributed by atoms with E-state index in [1.165, 1.54) is 55.3 Å². The van der Waals surface area contributed by atoms with Crippen molar-refractivity contribution in [1.82, 2.24) is 19.5 Å². The highest BCUT2D eigenvalue weighted by Crippen LogP contribution is 2.52. The van der Waals surface area contributed by atoms with Gasteiger partial charge < -0.3 is 4.57 Å². The van der Waals surface area contributed by atoms with Crippen LogP contribution >= 0.6 is 0 Å². The van der Waals surface area contributed by atoms with Crippen molar-refractivity contribution in [1.29, 1.82) is 0 Å². The minimum atomic E-state index is -0.0725. The maximum absolute atomic E-state index is 5.05. The fraction of sp³-hybridized carbons (Fsp3) is 0.0556. The molecule has 0 saturated heterocycles. The number of fused-ring (bicyclic) bond motifs is 6. The molecule has 0 bridgehead atoms. The third-order valence-electron chi connectivity index (χ3n) is 11.8. The Kier molecular flexibility index (Phi) is 7.80. The summed E-state index contributed by atoms with van der Waals surface area (Å²) in [4.78, 5) is 15.0. The van der Waals surface area contributed by atoms with Crippen molar-refractivity contribution < 1.29 is 0 Å². The molecule has 4 heteroatoms. The van der Waals surface area contributed by atoms with Gasteiger partial charge in [0.2, 0.25) is 0 Å². The molecule has 1 aliphatic carbocycles. The molecular formula is C54H38N4. The van der Waals surface area contributed by atoms with E-state index < -0.39 is 0 Å². The Bertz CT molecular complexity index is 3110. The van der Waals surface area contributed by atoms with Crippen LogP contribution in [0.3, 0.4) is 0 Å². The Labute approximate surface area is 337 Å². The van der Waals surface area contributed by atoms with Gasteiger partial charge in [-0.25, -0.2) is 15.0 Å². The summed E-state index contributed by atoms with van der Waals surface area (Å²) in [5, 5.41) is 2.36. The van der Waals surface area contributed by atoms with Crippen LogP contribution in [0.1, 0.15) is 25.0 Å². The van der Waals surface area contributed by atoms with Crippen molar-refractivity contribution in [3.63, 3.8) is 0 Å². The first-order chi connectivity index (χ1) is 28.5. The van der Waals surface area contributed by atoms with E-state index in [0.717, 1.165) is 33.4 Å². The lowest BCUT2D eigenvalue weighted by molar-refractivity contribution is 0.662. The molecule has 0 radical (unpaired) electrons. The van der Waals surface area contributed by atoms with Gasteiger partial charge in [0.15, 0.2) is 17.5 Å². The molecule has 2 aromatic heterocycles. The highest BCUT2D eigenvalue weighted by molar-refractivity contribution is 6.11. The first kappa shape index (κ1) is 33.9. The highest BCUT2D eigenvalue weighted by Gasteiger charge is 2.37. The third-order valence-corrected chi connectivity index (χ3v) is 11.8. The molecule has 0 aliphatic heterocycles. The van der Waals surface area contributed by atoms with Crippen molar-refractivity contribution in [2.24, 2.45) is 0 Å². The summed E-state index contributed by atoms with van der Waals surface area (Å²) in [5.74, 6) is 1.93. The minimum Gasteiger partial charge on any atom is -0.309 e. The van der Waals surface area contributed by atoms with E-state index in [1.54, 1.807) is 0 Å². The molecule has 0 spiro atoms. The van der Waals surface area contributed by atoms with Crippen molar-refractivity contribution in [2.75, 3.05) is 0 Å². The lowest BCUT2D eigenvalue weighted by Gasteiger charge is -2.24. The lowest BCUT2D eigenvalue weighted by atomic mass is 9.79. The number of benzene rings is 8. The molecule has 8 aromatic carbocycles. The zero-order chi connectivity index (χ0) is 38.8. The van der Waals surface area contributed by atoms with Crippen LogP contribution in [0.5, 0.6) is 0 Å². The Morgan fingerprint density at radius 1 is 0.362 bits per heavy atom. The van der Waals surface area contributed by atoms with Crippen LogP contribution in [-0.4, -0.2) is 19.5 Å². The van der Waals surface area contributed by atoms with Crippen molar-refractivity contribution in [3.8, 4) is 73.2 Å². The average Bonchev–Trinajstić information content (AvgIpc) is 3.74. The number of hydrogen-bond donors (Lipinski definition) is 0. The predicted octanol–water partition coefficient (Wildman–Crippen LogP) is 13.6. The molecule has 4 nitrogen and oxygen atoms in total. The first-order valence-corrected chi connectivity index (χ1v) is 19.9. The standard InChI is InChI=1S/C54H38N4/c1-54(2)47-24-13-12-21-43(47)45-23-14-22-42(50(45)54)36-27-25-35(26-28-36)39-30-32-48-46(33-39)44-31-29-40(34-49(44)58(48)41-19-10-5-11-20-41)53-56-51(37-15-6-3-7-16-37)55-52(57-53)38-17-8-4-9-18-38/h3-34H,1-2H3. The zero-order valence-electron chi connectivity index (χ0n) is 32.3. The van der Waals surface area contributed by atoms with E-state index in [9.17, 15) is 0 Å². The molecule has 2 heterocycles. The highest BCUT2D eigenvalue weighted by atomic mass is 15.0. The summed E-state index contributed by atoms with van der Waals surface area (Å²) < 4.78 is 2.36. The average molecular weight is 743 g/mol. The number of nitrogens with zero attached hydrogens (tertiary/aromatic N) is 4. The van der Waals surface area contributed by atoms with Crippen LogP contribution in [0.4, 0.5) is 0 Å². The third kappa shape index (κ3) is 5.48. The smallest absolute Gasteiger partial charge is 0.164 e. The lowest BCUT2D eigenvalue weighted by Crippen LogP contribution is -2.16. The predicted molar refractivity (Wildman–Crippen MR) is 239 cm³/mol. The van der Waals surface area contributed by atoms with E-state index in [4.69, 9.17) is 15.0 Å². The topological polar surface area (TPSA) is 43.6 Å². The summed E-state index contributed by atoms with van der Waals surface area (Å²) in [7, 11) is 0. The zero-order valence-corrected chi connectivity index (χ0v) is 32.3. The molecule has 0 fully saturated rings.